The minimum absolute atomic E-state index is 0. The number of ether oxygens (including phenoxy) is 1. The SMILES string of the molecule is Cc1c2c(=O)n(-c3nc4ccccc4s3)nc-2cc([O-])n1CC1CCCO1.[Na+]. The van der Waals surface area contributed by atoms with Crippen LogP contribution in [-0.2, 0) is 11.3 Å². The van der Waals surface area contributed by atoms with E-state index >= 15 is 0 Å². The Balaban J connectivity index is 0.00000192. The first kappa shape index (κ1) is 19.6. The molecule has 1 aromatic heterocycles. The Hall–Kier alpha value is -1.71. The van der Waals surface area contributed by atoms with Gasteiger partial charge in [0.05, 0.1) is 27.6 Å². The Morgan fingerprint density at radius 1 is 1.36 bits per heavy atom. The average molecular weight is 404 g/mol. The molecule has 3 aliphatic heterocycles. The molecule has 1 fully saturated rings. The number of para-hydroxylation sites is 1. The monoisotopic (exact) mass is 404 g/mol. The molecular weight excluding hydrogens is 387 g/mol. The number of nitrogens with zero attached hydrogens (tertiary/aromatic N) is 4. The summed E-state index contributed by atoms with van der Waals surface area (Å²) < 4.78 is 9.57. The van der Waals surface area contributed by atoms with E-state index in [2.05, 4.69) is 10.1 Å². The van der Waals surface area contributed by atoms with Gasteiger partial charge in [0.15, 0.2) is 0 Å². The molecule has 5 rings (SSSR count). The minimum Gasteiger partial charge on any atom is -0.860 e. The van der Waals surface area contributed by atoms with Gasteiger partial charge in [-0.05, 0) is 43.8 Å². The van der Waals surface area contributed by atoms with Crippen molar-refractivity contribution in [2.45, 2.75) is 32.4 Å². The molecule has 28 heavy (non-hydrogen) atoms. The summed E-state index contributed by atoms with van der Waals surface area (Å²) in [7, 11) is 0. The second-order valence-corrected chi connectivity index (χ2v) is 7.76. The zero-order valence-electron chi connectivity index (χ0n) is 15.7. The van der Waals surface area contributed by atoms with Crippen molar-refractivity contribution >= 4 is 21.6 Å². The Bertz CT molecular complexity index is 1140. The summed E-state index contributed by atoms with van der Waals surface area (Å²) in [6, 6.07) is 9.14. The molecule has 0 N–H and O–H groups in total. The standard InChI is InChI=1S/C19H18N4O3S.Na/c1-11-17-14(9-16(24)22(11)10-12-5-4-8-26-12)21-23(18(17)25)19-20-13-6-2-3-7-15(13)27-19;/h2-3,6-7,9,12,24H,4-5,8,10H2,1H3;/q;+1/p-1. The fourth-order valence-electron chi connectivity index (χ4n) is 3.65. The molecule has 0 bridgehead atoms. The topological polar surface area (TPSA) is 85.0 Å². The quantitative estimate of drug-likeness (QED) is 0.422. The van der Waals surface area contributed by atoms with Crippen LogP contribution < -0.4 is 40.2 Å². The molecular formula is C19H17N4NaO3S. The summed E-state index contributed by atoms with van der Waals surface area (Å²) in [4.78, 5) is 17.6. The van der Waals surface area contributed by atoms with Crippen LogP contribution in [0.15, 0.2) is 35.1 Å². The average Bonchev–Trinajstić information content (AvgIpc) is 3.37. The molecule has 1 saturated heterocycles. The second kappa shape index (κ2) is 7.61. The summed E-state index contributed by atoms with van der Waals surface area (Å²) in [5, 5.41) is 17.5. The molecule has 1 atom stereocenters. The Kier molecular flexibility index (Phi) is 5.32. The van der Waals surface area contributed by atoms with Crippen molar-refractivity contribution in [3.8, 4) is 22.3 Å². The summed E-state index contributed by atoms with van der Waals surface area (Å²) in [6.45, 7) is 2.99. The molecule has 9 heteroatoms. The Morgan fingerprint density at radius 3 is 2.93 bits per heavy atom. The van der Waals surface area contributed by atoms with Crippen molar-refractivity contribution in [3.63, 3.8) is 0 Å². The largest absolute Gasteiger partial charge is 1.00 e. The van der Waals surface area contributed by atoms with Crippen LogP contribution in [0.2, 0.25) is 0 Å². The molecule has 0 amide bonds. The summed E-state index contributed by atoms with van der Waals surface area (Å²) in [5.74, 6) is -0.163. The summed E-state index contributed by atoms with van der Waals surface area (Å²) >= 11 is 1.40. The number of aromatic nitrogens is 4. The van der Waals surface area contributed by atoms with Gasteiger partial charge < -0.3 is 14.4 Å². The van der Waals surface area contributed by atoms with E-state index in [1.165, 1.54) is 22.1 Å². The van der Waals surface area contributed by atoms with Gasteiger partial charge in [0.1, 0.15) is 0 Å². The number of thiazole rings is 1. The van der Waals surface area contributed by atoms with Crippen molar-refractivity contribution in [2.75, 3.05) is 6.61 Å². The summed E-state index contributed by atoms with van der Waals surface area (Å²) in [6.07, 6.45) is 1.95. The maximum Gasteiger partial charge on any atom is 1.00 e. The van der Waals surface area contributed by atoms with Crippen LogP contribution in [0.3, 0.4) is 0 Å². The third kappa shape index (κ3) is 3.19. The summed E-state index contributed by atoms with van der Waals surface area (Å²) in [5.41, 5.74) is 2.08. The van der Waals surface area contributed by atoms with Gasteiger partial charge in [-0.25, -0.2) is 4.98 Å². The van der Waals surface area contributed by atoms with E-state index in [0.29, 0.717) is 28.6 Å². The molecule has 7 nitrogen and oxygen atoms in total. The van der Waals surface area contributed by atoms with E-state index in [-0.39, 0.29) is 47.1 Å². The second-order valence-electron chi connectivity index (χ2n) is 6.75. The normalized spacial score (nSPS) is 16.7. The maximum absolute atomic E-state index is 13.0. The number of pyridine rings is 1. The van der Waals surface area contributed by atoms with Crippen LogP contribution in [0.5, 0.6) is 5.88 Å². The molecule has 0 aliphatic carbocycles. The van der Waals surface area contributed by atoms with Crippen molar-refractivity contribution in [1.29, 1.82) is 0 Å². The van der Waals surface area contributed by atoms with E-state index < -0.39 is 0 Å². The molecule has 2 aromatic rings. The van der Waals surface area contributed by atoms with Crippen molar-refractivity contribution in [1.82, 2.24) is 19.3 Å². The molecule has 1 unspecified atom stereocenters. The molecule has 4 heterocycles. The fraction of sp³-hybridized carbons (Fsp3) is 0.316. The first-order chi connectivity index (χ1) is 13.1. The van der Waals surface area contributed by atoms with E-state index in [0.717, 1.165) is 29.7 Å². The Labute approximate surface area is 187 Å². The van der Waals surface area contributed by atoms with Gasteiger partial charge in [0.2, 0.25) is 5.13 Å². The number of fused-ring (bicyclic) bond motifs is 2. The smallest absolute Gasteiger partial charge is 0.860 e. The maximum atomic E-state index is 13.0. The molecule has 0 radical (unpaired) electrons. The molecule has 0 saturated carbocycles. The first-order valence-corrected chi connectivity index (χ1v) is 9.71. The van der Waals surface area contributed by atoms with E-state index in [1.54, 1.807) is 11.5 Å². The zero-order chi connectivity index (χ0) is 18.5. The van der Waals surface area contributed by atoms with Crippen LogP contribution in [0, 0.1) is 6.92 Å². The fourth-order valence-corrected chi connectivity index (χ4v) is 4.57. The van der Waals surface area contributed by atoms with Crippen LogP contribution >= 0.6 is 11.3 Å². The Morgan fingerprint density at radius 2 is 2.18 bits per heavy atom. The molecule has 138 valence electrons. The predicted molar refractivity (Wildman–Crippen MR) is 101 cm³/mol. The van der Waals surface area contributed by atoms with Gasteiger partial charge in [-0.15, -0.1) is 0 Å². The van der Waals surface area contributed by atoms with E-state index in [9.17, 15) is 9.90 Å². The first-order valence-electron chi connectivity index (χ1n) is 8.89. The molecule has 1 aromatic carbocycles. The number of hydrogen-bond donors (Lipinski definition) is 0. The third-order valence-electron chi connectivity index (χ3n) is 5.04. The van der Waals surface area contributed by atoms with Gasteiger partial charge in [-0.1, -0.05) is 23.5 Å². The number of benzene rings is 1. The van der Waals surface area contributed by atoms with Gasteiger partial charge in [0.25, 0.3) is 5.56 Å². The van der Waals surface area contributed by atoms with Gasteiger partial charge in [-0.2, -0.15) is 9.78 Å². The number of hydrogen-bond acceptors (Lipinski definition) is 6. The minimum atomic E-state index is -0.248. The third-order valence-corrected chi connectivity index (χ3v) is 6.05. The van der Waals surface area contributed by atoms with Gasteiger partial charge in [0, 0.05) is 18.8 Å². The molecule has 0 spiro atoms. The van der Waals surface area contributed by atoms with Gasteiger partial charge >= 0.3 is 29.6 Å². The van der Waals surface area contributed by atoms with Crippen LogP contribution in [0.4, 0.5) is 0 Å². The predicted octanol–water partition coefficient (Wildman–Crippen LogP) is -0.686. The van der Waals surface area contributed by atoms with E-state index in [1.807, 2.05) is 24.3 Å². The van der Waals surface area contributed by atoms with Crippen LogP contribution in [-0.4, -0.2) is 32.0 Å². The number of rotatable bonds is 3. The van der Waals surface area contributed by atoms with Crippen molar-refractivity contribution in [3.05, 3.63) is 46.4 Å². The molecule has 3 aliphatic rings. The van der Waals surface area contributed by atoms with E-state index in [4.69, 9.17) is 4.74 Å². The van der Waals surface area contributed by atoms with Crippen molar-refractivity contribution in [2.24, 2.45) is 0 Å². The van der Waals surface area contributed by atoms with Crippen molar-refractivity contribution < 1.29 is 39.4 Å². The van der Waals surface area contributed by atoms with Crippen LogP contribution in [0.25, 0.3) is 26.6 Å². The zero-order valence-corrected chi connectivity index (χ0v) is 18.5. The van der Waals surface area contributed by atoms with Crippen LogP contribution in [0.1, 0.15) is 18.5 Å². The van der Waals surface area contributed by atoms with Gasteiger partial charge in [-0.3, -0.25) is 4.79 Å².